The maximum Gasteiger partial charge on any atom is 0.0457 e. The molecule has 1 aromatic heterocycles. The molecule has 0 bridgehead atoms. The molecule has 1 aliphatic rings. The normalized spacial score (nSPS) is 22.0. The summed E-state index contributed by atoms with van der Waals surface area (Å²) in [6.07, 6.45) is 5.96. The van der Waals surface area contributed by atoms with Gasteiger partial charge in [0, 0.05) is 23.1 Å². The minimum Gasteiger partial charge on any atom is -0.361 e. The van der Waals surface area contributed by atoms with E-state index in [9.17, 15) is 0 Å². The van der Waals surface area contributed by atoms with E-state index >= 15 is 0 Å². The minimum atomic E-state index is 0.554. The van der Waals surface area contributed by atoms with Crippen LogP contribution < -0.4 is 5.32 Å². The van der Waals surface area contributed by atoms with Crippen LogP contribution >= 0.6 is 0 Å². The van der Waals surface area contributed by atoms with Crippen molar-refractivity contribution in [3.05, 3.63) is 36.0 Å². The van der Waals surface area contributed by atoms with Crippen LogP contribution in [-0.2, 0) is 0 Å². The van der Waals surface area contributed by atoms with Gasteiger partial charge < -0.3 is 10.3 Å². The van der Waals surface area contributed by atoms with Crippen LogP contribution in [0.25, 0.3) is 10.9 Å². The zero-order valence-electron chi connectivity index (χ0n) is 8.79. The summed E-state index contributed by atoms with van der Waals surface area (Å²) >= 11 is 0. The third-order valence-corrected chi connectivity index (χ3v) is 3.31. The molecule has 3 rings (SSSR count). The van der Waals surface area contributed by atoms with Crippen molar-refractivity contribution < 1.29 is 0 Å². The van der Waals surface area contributed by atoms with Gasteiger partial charge in [0.15, 0.2) is 0 Å². The van der Waals surface area contributed by atoms with Gasteiger partial charge in [-0.1, -0.05) is 18.6 Å². The average Bonchev–Trinajstić information content (AvgIpc) is 2.78. The van der Waals surface area contributed by atoms with Crippen molar-refractivity contribution in [2.45, 2.75) is 25.3 Å². The second-order valence-electron chi connectivity index (χ2n) is 4.29. The fourth-order valence-electron chi connectivity index (χ4n) is 2.53. The SMILES string of the molecule is c1cc([C@H]2CCCCN2)c2cc[nH]c2c1. The van der Waals surface area contributed by atoms with Crippen LogP contribution in [0, 0.1) is 0 Å². The van der Waals surface area contributed by atoms with Crippen LogP contribution in [-0.4, -0.2) is 11.5 Å². The molecule has 2 aromatic rings. The van der Waals surface area contributed by atoms with Crippen molar-refractivity contribution in [3.63, 3.8) is 0 Å². The van der Waals surface area contributed by atoms with Crippen LogP contribution in [0.4, 0.5) is 0 Å². The van der Waals surface area contributed by atoms with Gasteiger partial charge in [-0.2, -0.15) is 0 Å². The van der Waals surface area contributed by atoms with E-state index in [1.807, 2.05) is 6.20 Å². The molecule has 0 saturated carbocycles. The van der Waals surface area contributed by atoms with E-state index < -0.39 is 0 Å². The lowest BCUT2D eigenvalue weighted by Gasteiger charge is -2.24. The van der Waals surface area contributed by atoms with Crippen molar-refractivity contribution in [1.29, 1.82) is 0 Å². The molecule has 0 amide bonds. The second-order valence-corrected chi connectivity index (χ2v) is 4.29. The maximum atomic E-state index is 3.60. The molecular formula is C13H16N2. The van der Waals surface area contributed by atoms with Crippen LogP contribution in [0.3, 0.4) is 0 Å². The van der Waals surface area contributed by atoms with Crippen molar-refractivity contribution >= 4 is 10.9 Å². The minimum absolute atomic E-state index is 0.554. The van der Waals surface area contributed by atoms with E-state index in [1.54, 1.807) is 0 Å². The van der Waals surface area contributed by atoms with Gasteiger partial charge in [-0.25, -0.2) is 0 Å². The maximum absolute atomic E-state index is 3.60. The molecule has 2 heterocycles. The summed E-state index contributed by atoms with van der Waals surface area (Å²) in [5.41, 5.74) is 2.70. The monoisotopic (exact) mass is 200 g/mol. The Bertz CT molecular complexity index is 452. The summed E-state index contributed by atoms with van der Waals surface area (Å²) < 4.78 is 0. The van der Waals surface area contributed by atoms with E-state index in [2.05, 4.69) is 34.6 Å². The van der Waals surface area contributed by atoms with E-state index in [4.69, 9.17) is 0 Å². The quantitative estimate of drug-likeness (QED) is 0.727. The van der Waals surface area contributed by atoms with Gasteiger partial charge in [0.1, 0.15) is 0 Å². The van der Waals surface area contributed by atoms with E-state index in [1.165, 1.54) is 35.7 Å². The van der Waals surface area contributed by atoms with Crippen LogP contribution in [0.5, 0.6) is 0 Å². The summed E-state index contributed by atoms with van der Waals surface area (Å²) in [6, 6.07) is 9.27. The molecule has 2 nitrogen and oxygen atoms in total. The molecule has 78 valence electrons. The van der Waals surface area contributed by atoms with E-state index in [-0.39, 0.29) is 0 Å². The number of hydrogen-bond donors (Lipinski definition) is 2. The average molecular weight is 200 g/mol. The first kappa shape index (κ1) is 8.98. The van der Waals surface area contributed by atoms with E-state index in [0.717, 1.165) is 6.54 Å². The van der Waals surface area contributed by atoms with Crippen LogP contribution in [0.1, 0.15) is 30.9 Å². The molecule has 2 heteroatoms. The zero-order chi connectivity index (χ0) is 10.1. The van der Waals surface area contributed by atoms with E-state index in [0.29, 0.717) is 6.04 Å². The van der Waals surface area contributed by atoms with Crippen LogP contribution in [0.2, 0.25) is 0 Å². The number of hydrogen-bond acceptors (Lipinski definition) is 1. The third-order valence-electron chi connectivity index (χ3n) is 3.31. The first-order valence-corrected chi connectivity index (χ1v) is 5.74. The highest BCUT2D eigenvalue weighted by atomic mass is 14.9. The highest BCUT2D eigenvalue weighted by molar-refractivity contribution is 5.83. The van der Waals surface area contributed by atoms with Gasteiger partial charge in [-0.15, -0.1) is 0 Å². The van der Waals surface area contributed by atoms with Crippen molar-refractivity contribution in [1.82, 2.24) is 10.3 Å². The molecule has 1 aromatic carbocycles. The lowest BCUT2D eigenvalue weighted by molar-refractivity contribution is 0.414. The number of aromatic nitrogens is 1. The number of benzene rings is 1. The molecule has 1 atom stereocenters. The van der Waals surface area contributed by atoms with Crippen molar-refractivity contribution in [2.24, 2.45) is 0 Å². The Labute approximate surface area is 89.7 Å². The first-order chi connectivity index (χ1) is 7.45. The van der Waals surface area contributed by atoms with Crippen LogP contribution in [0.15, 0.2) is 30.5 Å². The van der Waals surface area contributed by atoms with Crippen molar-refractivity contribution in [3.8, 4) is 0 Å². The van der Waals surface area contributed by atoms with Gasteiger partial charge in [-0.3, -0.25) is 0 Å². The molecular weight excluding hydrogens is 184 g/mol. The van der Waals surface area contributed by atoms with Gasteiger partial charge in [0.2, 0.25) is 0 Å². The van der Waals surface area contributed by atoms with Gasteiger partial charge in [-0.05, 0) is 37.1 Å². The number of rotatable bonds is 1. The number of H-pyrrole nitrogens is 1. The molecule has 2 N–H and O–H groups in total. The molecule has 0 unspecified atom stereocenters. The van der Waals surface area contributed by atoms with Gasteiger partial charge in [0.05, 0.1) is 0 Å². The zero-order valence-corrected chi connectivity index (χ0v) is 8.79. The van der Waals surface area contributed by atoms with Gasteiger partial charge >= 0.3 is 0 Å². The fraction of sp³-hybridized carbons (Fsp3) is 0.385. The smallest absolute Gasteiger partial charge is 0.0457 e. The summed E-state index contributed by atoms with van der Waals surface area (Å²) in [4.78, 5) is 3.27. The summed E-state index contributed by atoms with van der Waals surface area (Å²) in [7, 11) is 0. The number of fused-ring (bicyclic) bond motifs is 1. The molecule has 1 fully saturated rings. The Kier molecular flexibility index (Phi) is 2.22. The lowest BCUT2D eigenvalue weighted by Crippen LogP contribution is -2.26. The Hall–Kier alpha value is -1.28. The largest absolute Gasteiger partial charge is 0.361 e. The fourth-order valence-corrected chi connectivity index (χ4v) is 2.53. The molecule has 1 aliphatic heterocycles. The molecule has 1 saturated heterocycles. The first-order valence-electron chi connectivity index (χ1n) is 5.74. The predicted octanol–water partition coefficient (Wildman–Crippen LogP) is 2.98. The second kappa shape index (κ2) is 3.70. The molecule has 0 radical (unpaired) electrons. The van der Waals surface area contributed by atoms with Crippen molar-refractivity contribution in [2.75, 3.05) is 6.54 Å². The number of nitrogens with one attached hydrogen (secondary N) is 2. The predicted molar refractivity (Wildman–Crippen MR) is 62.9 cm³/mol. The van der Waals surface area contributed by atoms with Gasteiger partial charge in [0.25, 0.3) is 0 Å². The summed E-state index contributed by atoms with van der Waals surface area (Å²) in [5.74, 6) is 0. The third kappa shape index (κ3) is 1.55. The highest BCUT2D eigenvalue weighted by Crippen LogP contribution is 2.28. The Balaban J connectivity index is 2.05. The number of aromatic amines is 1. The Morgan fingerprint density at radius 1 is 1.13 bits per heavy atom. The molecule has 15 heavy (non-hydrogen) atoms. The summed E-state index contributed by atoms with van der Waals surface area (Å²) in [5, 5.41) is 4.98. The number of piperidine rings is 1. The Morgan fingerprint density at radius 2 is 2.13 bits per heavy atom. The highest BCUT2D eigenvalue weighted by Gasteiger charge is 2.16. The standard InChI is InChI=1S/C13H16N2/c1-2-8-14-12(5-1)10-4-3-6-13-11(10)7-9-15-13/h3-4,6-7,9,12,14-15H,1-2,5,8H2/t12-/m1/s1. The molecule has 0 aliphatic carbocycles. The summed E-state index contributed by atoms with van der Waals surface area (Å²) in [6.45, 7) is 1.16. The molecule has 0 spiro atoms. The lowest BCUT2D eigenvalue weighted by atomic mass is 9.95. The Morgan fingerprint density at radius 3 is 3.00 bits per heavy atom. The topological polar surface area (TPSA) is 27.8 Å².